The summed E-state index contributed by atoms with van der Waals surface area (Å²) in [6.45, 7) is 3.94. The fourth-order valence-electron chi connectivity index (χ4n) is 2.89. The summed E-state index contributed by atoms with van der Waals surface area (Å²) in [5, 5.41) is 2.91. The van der Waals surface area contributed by atoms with E-state index in [0.717, 1.165) is 24.1 Å². The van der Waals surface area contributed by atoms with Crippen LogP contribution in [0, 0.1) is 0 Å². The third kappa shape index (κ3) is 6.24. The van der Waals surface area contributed by atoms with E-state index in [1.54, 1.807) is 25.7 Å². The summed E-state index contributed by atoms with van der Waals surface area (Å²) in [5.74, 6) is 1.21. The van der Waals surface area contributed by atoms with Gasteiger partial charge in [-0.3, -0.25) is 4.79 Å². The lowest BCUT2D eigenvalue weighted by Gasteiger charge is -2.10. The molecule has 0 saturated heterocycles. The molecule has 3 aromatic rings. The van der Waals surface area contributed by atoms with Crippen LogP contribution in [-0.4, -0.2) is 29.2 Å². The highest BCUT2D eigenvalue weighted by atomic mass is 16.5. The molecule has 30 heavy (non-hydrogen) atoms. The van der Waals surface area contributed by atoms with E-state index in [4.69, 9.17) is 9.47 Å². The van der Waals surface area contributed by atoms with Crippen molar-refractivity contribution >= 4 is 12.0 Å². The molecule has 0 aliphatic rings. The van der Waals surface area contributed by atoms with Crippen molar-refractivity contribution < 1.29 is 14.3 Å². The lowest BCUT2D eigenvalue weighted by atomic mass is 10.1. The van der Waals surface area contributed by atoms with Gasteiger partial charge in [-0.2, -0.15) is 0 Å². The molecule has 0 spiro atoms. The zero-order chi connectivity index (χ0) is 21.2. The lowest BCUT2D eigenvalue weighted by Crippen LogP contribution is -2.20. The van der Waals surface area contributed by atoms with Gasteiger partial charge in [-0.25, -0.2) is 4.98 Å². The molecule has 0 radical (unpaired) electrons. The van der Waals surface area contributed by atoms with Gasteiger partial charge in [0.05, 0.1) is 20.0 Å². The molecule has 3 rings (SSSR count). The van der Waals surface area contributed by atoms with E-state index < -0.39 is 0 Å². The van der Waals surface area contributed by atoms with Crippen LogP contribution in [0.3, 0.4) is 0 Å². The van der Waals surface area contributed by atoms with Crippen LogP contribution in [0.4, 0.5) is 0 Å². The third-order valence-corrected chi connectivity index (χ3v) is 4.49. The number of amides is 1. The van der Waals surface area contributed by atoms with E-state index >= 15 is 0 Å². The number of aromatic nitrogens is 2. The summed E-state index contributed by atoms with van der Waals surface area (Å²) in [4.78, 5) is 16.2. The van der Waals surface area contributed by atoms with Crippen LogP contribution in [0.1, 0.15) is 30.0 Å². The zero-order valence-corrected chi connectivity index (χ0v) is 17.4. The number of nitrogens with one attached hydrogen (secondary N) is 1. The Labute approximate surface area is 177 Å². The Hall–Kier alpha value is -3.54. The van der Waals surface area contributed by atoms with E-state index in [1.807, 2.05) is 41.1 Å². The van der Waals surface area contributed by atoms with E-state index in [9.17, 15) is 4.79 Å². The number of nitrogens with zero attached hydrogens (tertiary/aromatic N) is 2. The largest absolute Gasteiger partial charge is 0.493 e. The SMILES string of the molecule is CCCOc1ccc(/C=C/C(=O)NCc2ccc(Cn3ccnc3)cc2)cc1OC. The molecule has 1 amide bonds. The van der Waals surface area contributed by atoms with Crippen molar-refractivity contribution in [1.82, 2.24) is 14.9 Å². The number of hydrogen-bond acceptors (Lipinski definition) is 4. The maximum Gasteiger partial charge on any atom is 0.244 e. The first kappa shape index (κ1) is 21.2. The molecular weight excluding hydrogens is 378 g/mol. The van der Waals surface area contributed by atoms with Gasteiger partial charge in [0.2, 0.25) is 5.91 Å². The van der Waals surface area contributed by atoms with Crippen molar-refractivity contribution in [1.29, 1.82) is 0 Å². The quantitative estimate of drug-likeness (QED) is 0.517. The smallest absolute Gasteiger partial charge is 0.244 e. The van der Waals surface area contributed by atoms with E-state index in [1.165, 1.54) is 11.6 Å². The van der Waals surface area contributed by atoms with Gasteiger partial charge < -0.3 is 19.4 Å². The van der Waals surface area contributed by atoms with Crippen LogP contribution in [0.15, 0.2) is 67.3 Å². The minimum absolute atomic E-state index is 0.150. The minimum atomic E-state index is -0.150. The van der Waals surface area contributed by atoms with Gasteiger partial charge in [0, 0.05) is 31.6 Å². The van der Waals surface area contributed by atoms with E-state index in [2.05, 4.69) is 29.4 Å². The van der Waals surface area contributed by atoms with Gasteiger partial charge >= 0.3 is 0 Å². The van der Waals surface area contributed by atoms with E-state index in [0.29, 0.717) is 24.7 Å². The monoisotopic (exact) mass is 405 g/mol. The highest BCUT2D eigenvalue weighted by molar-refractivity contribution is 5.91. The number of imidazole rings is 1. The molecule has 156 valence electrons. The van der Waals surface area contributed by atoms with Gasteiger partial charge in [0.25, 0.3) is 0 Å². The number of hydrogen-bond donors (Lipinski definition) is 1. The lowest BCUT2D eigenvalue weighted by molar-refractivity contribution is -0.116. The highest BCUT2D eigenvalue weighted by Crippen LogP contribution is 2.28. The van der Waals surface area contributed by atoms with Crippen molar-refractivity contribution in [2.45, 2.75) is 26.4 Å². The second kappa shape index (κ2) is 10.9. The Bertz CT molecular complexity index is 964. The Morgan fingerprint density at radius 3 is 2.63 bits per heavy atom. The highest BCUT2D eigenvalue weighted by Gasteiger charge is 2.05. The van der Waals surface area contributed by atoms with Crippen LogP contribution in [0.25, 0.3) is 6.08 Å². The molecular formula is C24H27N3O3. The number of benzene rings is 2. The zero-order valence-electron chi connectivity index (χ0n) is 17.4. The number of carbonyl (C=O) groups excluding carboxylic acids is 1. The number of rotatable bonds is 10. The fraction of sp³-hybridized carbons (Fsp3) is 0.250. The maximum atomic E-state index is 12.2. The average molecular weight is 405 g/mol. The first-order chi connectivity index (χ1) is 14.7. The van der Waals surface area contributed by atoms with Crippen LogP contribution in [-0.2, 0) is 17.9 Å². The minimum Gasteiger partial charge on any atom is -0.493 e. The standard InChI is InChI=1S/C24H27N3O3/c1-3-14-30-22-10-8-19(15-23(22)29-2)9-11-24(28)26-16-20-4-6-21(7-5-20)17-27-13-12-25-18-27/h4-13,15,18H,3,14,16-17H2,1-2H3,(H,26,28)/b11-9+. The molecule has 1 N–H and O–H groups in total. The van der Waals surface area contributed by atoms with Crippen molar-refractivity contribution in [2.75, 3.05) is 13.7 Å². The van der Waals surface area contributed by atoms with Crippen molar-refractivity contribution in [3.63, 3.8) is 0 Å². The maximum absolute atomic E-state index is 12.2. The molecule has 0 saturated carbocycles. The van der Waals surface area contributed by atoms with Gasteiger partial charge in [-0.15, -0.1) is 0 Å². The molecule has 0 atom stereocenters. The Kier molecular flexibility index (Phi) is 7.66. The Balaban J connectivity index is 1.51. The van der Waals surface area contributed by atoms with Crippen LogP contribution in [0.2, 0.25) is 0 Å². The molecule has 6 heteroatoms. The molecule has 1 heterocycles. The van der Waals surface area contributed by atoms with Crippen LogP contribution < -0.4 is 14.8 Å². The normalized spacial score (nSPS) is 10.9. The Morgan fingerprint density at radius 1 is 1.13 bits per heavy atom. The molecule has 0 aliphatic carbocycles. The summed E-state index contributed by atoms with van der Waals surface area (Å²) in [7, 11) is 1.61. The topological polar surface area (TPSA) is 65.4 Å². The summed E-state index contributed by atoms with van der Waals surface area (Å²) >= 11 is 0. The molecule has 0 fully saturated rings. The molecule has 2 aromatic carbocycles. The Morgan fingerprint density at radius 2 is 1.93 bits per heavy atom. The van der Waals surface area contributed by atoms with Crippen molar-refractivity contribution in [2.24, 2.45) is 0 Å². The predicted octanol–water partition coefficient (Wildman–Crippen LogP) is 4.06. The molecule has 0 aliphatic heterocycles. The van der Waals surface area contributed by atoms with Gasteiger partial charge in [-0.1, -0.05) is 37.3 Å². The predicted molar refractivity (Wildman–Crippen MR) is 117 cm³/mol. The summed E-state index contributed by atoms with van der Waals surface area (Å²) in [6, 6.07) is 13.8. The molecule has 6 nitrogen and oxygen atoms in total. The average Bonchev–Trinajstić information content (AvgIpc) is 3.29. The van der Waals surface area contributed by atoms with Crippen molar-refractivity contribution in [3.8, 4) is 11.5 Å². The van der Waals surface area contributed by atoms with Crippen LogP contribution in [0.5, 0.6) is 11.5 Å². The summed E-state index contributed by atoms with van der Waals surface area (Å²) in [6.07, 6.45) is 9.70. The number of methoxy groups -OCH3 is 1. The first-order valence-corrected chi connectivity index (χ1v) is 9.98. The first-order valence-electron chi connectivity index (χ1n) is 9.98. The second-order valence-corrected chi connectivity index (χ2v) is 6.86. The fourth-order valence-corrected chi connectivity index (χ4v) is 2.89. The van der Waals surface area contributed by atoms with Gasteiger partial charge in [0.15, 0.2) is 11.5 Å². The molecule has 0 bridgehead atoms. The number of ether oxygens (including phenoxy) is 2. The van der Waals surface area contributed by atoms with Crippen LogP contribution >= 0.6 is 0 Å². The molecule has 0 unspecified atom stereocenters. The second-order valence-electron chi connectivity index (χ2n) is 6.86. The summed E-state index contributed by atoms with van der Waals surface area (Å²) in [5.41, 5.74) is 3.10. The van der Waals surface area contributed by atoms with Crippen molar-refractivity contribution in [3.05, 3.63) is 84.0 Å². The van der Waals surface area contributed by atoms with Gasteiger partial charge in [0.1, 0.15) is 0 Å². The van der Waals surface area contributed by atoms with E-state index in [-0.39, 0.29) is 5.91 Å². The number of carbonyl (C=O) groups is 1. The summed E-state index contributed by atoms with van der Waals surface area (Å²) < 4.78 is 13.0. The molecule has 1 aromatic heterocycles. The third-order valence-electron chi connectivity index (χ3n) is 4.49. The van der Waals surface area contributed by atoms with Gasteiger partial charge in [-0.05, 0) is 41.3 Å².